The maximum atomic E-state index is 13.3. The van der Waals surface area contributed by atoms with Gasteiger partial charge in [0.15, 0.2) is 0 Å². The first-order valence-corrected chi connectivity index (χ1v) is 7.60. The van der Waals surface area contributed by atoms with E-state index in [1.807, 2.05) is 0 Å². The molecule has 2 rings (SSSR count). The van der Waals surface area contributed by atoms with Crippen molar-refractivity contribution in [2.45, 2.75) is 51.2 Å². The van der Waals surface area contributed by atoms with Gasteiger partial charge < -0.3 is 5.73 Å². The van der Waals surface area contributed by atoms with Crippen LogP contribution >= 0.6 is 11.6 Å². The Balaban J connectivity index is 2.13. The SMILES string of the molecule is CC1CCCC(C)N1NC(CN)c1ccc(F)c(Cl)c1. The zero-order valence-corrected chi connectivity index (χ0v) is 12.8. The van der Waals surface area contributed by atoms with Gasteiger partial charge in [-0.1, -0.05) is 24.1 Å². The third kappa shape index (κ3) is 3.50. The summed E-state index contributed by atoms with van der Waals surface area (Å²) in [6, 6.07) is 5.69. The normalized spacial score (nSPS) is 25.6. The summed E-state index contributed by atoms with van der Waals surface area (Å²) in [7, 11) is 0. The van der Waals surface area contributed by atoms with Gasteiger partial charge in [-0.25, -0.2) is 14.8 Å². The number of nitrogens with one attached hydrogen (secondary N) is 1. The van der Waals surface area contributed by atoms with Crippen molar-refractivity contribution in [3.63, 3.8) is 0 Å². The van der Waals surface area contributed by atoms with E-state index in [-0.39, 0.29) is 11.1 Å². The summed E-state index contributed by atoms with van der Waals surface area (Å²) in [4.78, 5) is 0. The van der Waals surface area contributed by atoms with Crippen LogP contribution in [0.3, 0.4) is 0 Å². The van der Waals surface area contributed by atoms with Crippen LogP contribution in [-0.2, 0) is 0 Å². The Kier molecular flexibility index (Phi) is 5.38. The fourth-order valence-electron chi connectivity index (χ4n) is 2.85. The lowest BCUT2D eigenvalue weighted by Crippen LogP contribution is -2.54. The number of nitrogens with zero attached hydrogens (tertiary/aromatic N) is 1. The minimum Gasteiger partial charge on any atom is -0.329 e. The molecule has 1 aliphatic heterocycles. The van der Waals surface area contributed by atoms with Crippen molar-refractivity contribution < 1.29 is 4.39 Å². The molecular weight excluding hydrogens is 277 g/mol. The molecule has 1 aromatic rings. The Labute approximate surface area is 125 Å². The van der Waals surface area contributed by atoms with E-state index < -0.39 is 5.82 Å². The number of hydrogen-bond donors (Lipinski definition) is 2. The number of nitrogens with two attached hydrogens (primary N) is 1. The summed E-state index contributed by atoms with van der Waals surface area (Å²) in [5.74, 6) is -0.397. The number of piperidine rings is 1. The molecule has 3 nitrogen and oxygen atoms in total. The second-order valence-corrected chi connectivity index (χ2v) is 6.03. The maximum absolute atomic E-state index is 13.3. The first-order valence-electron chi connectivity index (χ1n) is 7.22. The molecule has 0 bridgehead atoms. The zero-order chi connectivity index (χ0) is 14.7. The molecule has 112 valence electrons. The molecule has 1 fully saturated rings. The summed E-state index contributed by atoms with van der Waals surface area (Å²) in [5.41, 5.74) is 10.3. The Morgan fingerprint density at radius 3 is 2.60 bits per heavy atom. The summed E-state index contributed by atoms with van der Waals surface area (Å²) in [6.45, 7) is 4.87. The predicted octanol–water partition coefficient (Wildman–Crippen LogP) is 3.25. The monoisotopic (exact) mass is 299 g/mol. The lowest BCUT2D eigenvalue weighted by molar-refractivity contribution is 0.0304. The highest BCUT2D eigenvalue weighted by Gasteiger charge is 2.27. The van der Waals surface area contributed by atoms with Gasteiger partial charge in [0, 0.05) is 18.6 Å². The molecule has 1 aliphatic rings. The average molecular weight is 300 g/mol. The van der Waals surface area contributed by atoms with Crippen molar-refractivity contribution in [1.29, 1.82) is 0 Å². The van der Waals surface area contributed by atoms with Gasteiger partial charge in [-0.05, 0) is 44.4 Å². The van der Waals surface area contributed by atoms with E-state index in [2.05, 4.69) is 24.3 Å². The number of rotatable bonds is 4. The van der Waals surface area contributed by atoms with Crippen molar-refractivity contribution in [2.75, 3.05) is 6.54 Å². The first kappa shape index (κ1) is 15.7. The van der Waals surface area contributed by atoms with Crippen molar-refractivity contribution in [1.82, 2.24) is 10.4 Å². The summed E-state index contributed by atoms with van der Waals surface area (Å²) < 4.78 is 13.3. The van der Waals surface area contributed by atoms with Gasteiger partial charge in [0.25, 0.3) is 0 Å². The molecule has 0 aromatic heterocycles. The van der Waals surface area contributed by atoms with Crippen molar-refractivity contribution in [3.8, 4) is 0 Å². The van der Waals surface area contributed by atoms with Crippen LogP contribution in [0.25, 0.3) is 0 Å². The molecule has 3 N–H and O–H groups in total. The molecule has 0 amide bonds. The quantitative estimate of drug-likeness (QED) is 0.897. The lowest BCUT2D eigenvalue weighted by Gasteiger charge is -2.41. The Hall–Kier alpha value is -0.680. The van der Waals surface area contributed by atoms with Gasteiger partial charge in [-0.15, -0.1) is 0 Å². The molecule has 3 atom stereocenters. The topological polar surface area (TPSA) is 41.3 Å². The van der Waals surface area contributed by atoms with E-state index >= 15 is 0 Å². The molecule has 1 heterocycles. The zero-order valence-electron chi connectivity index (χ0n) is 12.1. The van der Waals surface area contributed by atoms with Crippen LogP contribution in [-0.4, -0.2) is 23.6 Å². The van der Waals surface area contributed by atoms with Gasteiger partial charge in [-0.2, -0.15) is 0 Å². The third-order valence-electron chi connectivity index (χ3n) is 4.08. The number of hydrogen-bond acceptors (Lipinski definition) is 3. The Bertz CT molecular complexity index is 445. The molecule has 20 heavy (non-hydrogen) atoms. The van der Waals surface area contributed by atoms with Crippen LogP contribution in [0.1, 0.15) is 44.7 Å². The number of halogens is 2. The highest BCUT2D eigenvalue weighted by Crippen LogP contribution is 2.25. The van der Waals surface area contributed by atoms with Gasteiger partial charge >= 0.3 is 0 Å². The van der Waals surface area contributed by atoms with E-state index in [0.29, 0.717) is 18.6 Å². The smallest absolute Gasteiger partial charge is 0.141 e. The van der Waals surface area contributed by atoms with Gasteiger partial charge in [-0.3, -0.25) is 0 Å². The van der Waals surface area contributed by atoms with Crippen LogP contribution in [0.4, 0.5) is 4.39 Å². The van der Waals surface area contributed by atoms with Crippen LogP contribution in [0.5, 0.6) is 0 Å². The summed E-state index contributed by atoms with van der Waals surface area (Å²) in [5, 5.41) is 2.42. The van der Waals surface area contributed by atoms with Crippen LogP contribution in [0, 0.1) is 5.82 Å². The van der Waals surface area contributed by atoms with E-state index in [1.165, 1.54) is 25.3 Å². The fourth-order valence-corrected chi connectivity index (χ4v) is 3.04. The van der Waals surface area contributed by atoms with Crippen molar-refractivity contribution >= 4 is 11.6 Å². The lowest BCUT2D eigenvalue weighted by atomic mass is 9.99. The molecule has 0 spiro atoms. The molecule has 0 radical (unpaired) electrons. The summed E-state index contributed by atoms with van der Waals surface area (Å²) >= 11 is 5.86. The predicted molar refractivity (Wildman–Crippen MR) is 81.0 cm³/mol. The molecule has 0 saturated carbocycles. The minimum absolute atomic E-state index is 0.0453. The van der Waals surface area contributed by atoms with E-state index in [9.17, 15) is 4.39 Å². The van der Waals surface area contributed by atoms with Crippen molar-refractivity contribution in [2.24, 2.45) is 5.73 Å². The number of hydrazine groups is 1. The molecule has 5 heteroatoms. The van der Waals surface area contributed by atoms with Crippen molar-refractivity contribution in [3.05, 3.63) is 34.6 Å². The highest BCUT2D eigenvalue weighted by atomic mass is 35.5. The minimum atomic E-state index is -0.397. The molecule has 3 unspecified atom stereocenters. The molecular formula is C15H23ClFN3. The maximum Gasteiger partial charge on any atom is 0.141 e. The van der Waals surface area contributed by atoms with Crippen LogP contribution < -0.4 is 11.2 Å². The van der Waals surface area contributed by atoms with E-state index in [0.717, 1.165) is 5.56 Å². The van der Waals surface area contributed by atoms with Crippen LogP contribution in [0.15, 0.2) is 18.2 Å². The second-order valence-electron chi connectivity index (χ2n) is 5.63. The largest absolute Gasteiger partial charge is 0.329 e. The highest BCUT2D eigenvalue weighted by molar-refractivity contribution is 6.30. The number of benzene rings is 1. The molecule has 1 aromatic carbocycles. The Morgan fingerprint density at radius 2 is 2.05 bits per heavy atom. The van der Waals surface area contributed by atoms with Gasteiger partial charge in [0.05, 0.1) is 11.1 Å². The van der Waals surface area contributed by atoms with E-state index in [1.54, 1.807) is 12.1 Å². The van der Waals surface area contributed by atoms with E-state index in [4.69, 9.17) is 17.3 Å². The molecule has 0 aliphatic carbocycles. The first-order chi connectivity index (χ1) is 9.52. The average Bonchev–Trinajstić information content (AvgIpc) is 2.42. The van der Waals surface area contributed by atoms with Gasteiger partial charge in [0.2, 0.25) is 0 Å². The third-order valence-corrected chi connectivity index (χ3v) is 4.37. The fraction of sp³-hybridized carbons (Fsp3) is 0.600. The Morgan fingerprint density at radius 1 is 1.40 bits per heavy atom. The summed E-state index contributed by atoms with van der Waals surface area (Å²) in [6.07, 6.45) is 3.62. The van der Waals surface area contributed by atoms with Crippen LogP contribution in [0.2, 0.25) is 5.02 Å². The standard InChI is InChI=1S/C15H23ClFN3/c1-10-4-3-5-11(2)20(10)19-15(9-18)12-6-7-14(17)13(16)8-12/h6-8,10-11,15,19H,3-5,9,18H2,1-2H3. The second kappa shape index (κ2) is 6.85. The van der Waals surface area contributed by atoms with Gasteiger partial charge in [0.1, 0.15) is 5.82 Å². The molecule has 1 saturated heterocycles.